The summed E-state index contributed by atoms with van der Waals surface area (Å²) < 4.78 is 75.1. The number of benzene rings is 4. The molecule has 0 fully saturated rings. The second-order valence-electron chi connectivity index (χ2n) is 13.6. The number of aromatic hydroxyl groups is 1. The van der Waals surface area contributed by atoms with Gasteiger partial charge in [-0.25, -0.2) is 13.7 Å². The molecule has 4 aromatic rings. The van der Waals surface area contributed by atoms with Crippen LogP contribution in [0.1, 0.15) is 27.7 Å². The SMILES string of the molecule is C#CC#CC#CC#CC#CC#CS(=O)(=O)c1ccc(NC(=O)C(Oc2ccc(N=Nc3c(SOOO)cc4cc(S(=O)(=O)O)cc(NC(C)=O)c4c3O)cc2)C(=O)C(C)(C)C)c(OC)c1. The fourth-order valence-electron chi connectivity index (χ4n) is 5.11. The van der Waals surface area contributed by atoms with E-state index in [9.17, 15) is 40.9 Å². The van der Waals surface area contributed by atoms with E-state index in [1.807, 2.05) is 5.25 Å². The number of terminal acetylenes is 1. The van der Waals surface area contributed by atoms with Gasteiger partial charge in [-0.3, -0.25) is 18.9 Å². The number of rotatable bonds is 14. The summed E-state index contributed by atoms with van der Waals surface area (Å²) in [5.41, 5.74) is -1.46. The number of hydrogen-bond donors (Lipinski definition) is 5. The number of nitrogens with one attached hydrogen (secondary N) is 2. The fourth-order valence-corrected chi connectivity index (χ4v) is 6.96. The van der Waals surface area contributed by atoms with Crippen molar-refractivity contribution >= 4 is 83.1 Å². The highest BCUT2D eigenvalue weighted by Crippen LogP contribution is 2.47. The quantitative estimate of drug-likeness (QED) is 0.0142. The Morgan fingerprint density at radius 2 is 1.45 bits per heavy atom. The molecule has 0 spiro atoms. The molecule has 4 rings (SSSR count). The molecule has 0 aromatic heterocycles. The number of sulfone groups is 1. The van der Waals surface area contributed by atoms with Gasteiger partial charge >= 0.3 is 0 Å². The molecule has 0 bridgehead atoms. The summed E-state index contributed by atoms with van der Waals surface area (Å²) in [4.78, 5) is 38.3. The third-order valence-electron chi connectivity index (χ3n) is 7.96. The maximum atomic E-state index is 13.7. The van der Waals surface area contributed by atoms with Crippen molar-refractivity contribution in [2.45, 2.75) is 48.5 Å². The number of hydrogen-bond acceptors (Lipinski definition) is 16. The smallest absolute Gasteiger partial charge is 0.294 e. The summed E-state index contributed by atoms with van der Waals surface area (Å²) in [6.45, 7) is 5.86. The summed E-state index contributed by atoms with van der Waals surface area (Å²) in [6, 6.07) is 12.2. The monoisotopic (exact) mass is 936 g/mol. The minimum absolute atomic E-state index is 0.00733. The zero-order valence-corrected chi connectivity index (χ0v) is 36.8. The van der Waals surface area contributed by atoms with E-state index in [4.69, 9.17) is 21.2 Å². The number of nitrogens with zero attached hydrogens (tertiary/aromatic N) is 2. The summed E-state index contributed by atoms with van der Waals surface area (Å²) in [6.07, 6.45) is 3.23. The van der Waals surface area contributed by atoms with Gasteiger partial charge in [0.2, 0.25) is 21.8 Å². The van der Waals surface area contributed by atoms with Crippen molar-refractivity contribution in [1.29, 1.82) is 0 Å². The van der Waals surface area contributed by atoms with Gasteiger partial charge in [0.15, 0.2) is 11.5 Å². The number of fused-ring (bicyclic) bond motifs is 1. The van der Waals surface area contributed by atoms with Crippen molar-refractivity contribution in [3.05, 3.63) is 60.7 Å². The van der Waals surface area contributed by atoms with Gasteiger partial charge in [0.1, 0.15) is 17.2 Å². The molecule has 1 unspecified atom stereocenters. The van der Waals surface area contributed by atoms with Crippen molar-refractivity contribution in [2.24, 2.45) is 15.6 Å². The zero-order valence-electron chi connectivity index (χ0n) is 34.4. The molecule has 0 saturated carbocycles. The van der Waals surface area contributed by atoms with Gasteiger partial charge in [-0.1, -0.05) is 25.8 Å². The van der Waals surface area contributed by atoms with Crippen LogP contribution in [0.15, 0.2) is 85.6 Å². The Kier molecular flexibility index (Phi) is 16.9. The van der Waals surface area contributed by atoms with E-state index in [1.54, 1.807) is 20.8 Å². The number of ether oxygens (including phenoxy) is 2. The molecule has 0 aliphatic rings. The Balaban J connectivity index is 1.61. The van der Waals surface area contributed by atoms with Gasteiger partial charge < -0.3 is 25.2 Å². The summed E-state index contributed by atoms with van der Waals surface area (Å²) in [5.74, 6) is 20.1. The summed E-state index contributed by atoms with van der Waals surface area (Å²) in [7, 11) is -7.77. The third-order valence-corrected chi connectivity index (χ3v) is 10.7. The molecule has 5 N–H and O–H groups in total. The molecule has 65 heavy (non-hydrogen) atoms. The number of carbonyl (C=O) groups excluding carboxylic acids is 3. The number of phenols is 1. The number of azo groups is 1. The molecule has 0 saturated heterocycles. The lowest BCUT2D eigenvalue weighted by Gasteiger charge is -2.25. The largest absolute Gasteiger partial charge is 0.505 e. The molecule has 18 nitrogen and oxygen atoms in total. The van der Waals surface area contributed by atoms with Crippen molar-refractivity contribution in [3.63, 3.8) is 0 Å². The number of ketones is 1. The van der Waals surface area contributed by atoms with E-state index in [0.29, 0.717) is 12.0 Å². The van der Waals surface area contributed by atoms with Gasteiger partial charge in [-0.15, -0.1) is 15.9 Å². The Labute approximate surface area is 377 Å². The molecule has 21 heteroatoms. The number of phenolic OH excluding ortho intramolecular Hbond substituents is 1. The summed E-state index contributed by atoms with van der Waals surface area (Å²) in [5, 5.41) is 38.9. The first-order chi connectivity index (χ1) is 30.7. The molecule has 0 aliphatic carbocycles. The van der Waals surface area contributed by atoms with Crippen LogP contribution in [0.25, 0.3) is 10.8 Å². The average molecular weight is 937 g/mol. The van der Waals surface area contributed by atoms with Gasteiger partial charge in [0.25, 0.3) is 16.0 Å². The van der Waals surface area contributed by atoms with E-state index in [-0.39, 0.29) is 54.8 Å². The Morgan fingerprint density at radius 1 is 0.815 bits per heavy atom. The number of anilines is 2. The predicted molar refractivity (Wildman–Crippen MR) is 236 cm³/mol. The topological polar surface area (TPSA) is 266 Å². The van der Waals surface area contributed by atoms with Gasteiger partial charge in [-0.2, -0.15) is 13.5 Å². The van der Waals surface area contributed by atoms with Crippen LogP contribution in [0.3, 0.4) is 0 Å². The second kappa shape index (κ2) is 22.0. The molecule has 2 amide bonds. The minimum Gasteiger partial charge on any atom is -0.505 e. The molecular weight excluding hydrogens is 905 g/mol. The zero-order chi connectivity index (χ0) is 48.0. The predicted octanol–water partition coefficient (Wildman–Crippen LogP) is 5.99. The molecule has 330 valence electrons. The molecule has 0 heterocycles. The van der Waals surface area contributed by atoms with Crippen LogP contribution in [-0.2, 0) is 43.7 Å². The Bertz CT molecular complexity index is 3210. The normalized spacial score (nSPS) is 11.2. The highest BCUT2D eigenvalue weighted by atomic mass is 32.2. The van der Waals surface area contributed by atoms with Crippen molar-refractivity contribution in [2.75, 3.05) is 17.7 Å². The van der Waals surface area contributed by atoms with Crippen LogP contribution in [0, 0.1) is 76.3 Å². The maximum absolute atomic E-state index is 13.7. The van der Waals surface area contributed by atoms with Crippen molar-refractivity contribution in [3.8, 4) is 88.1 Å². The second-order valence-corrected chi connectivity index (χ2v) is 17.4. The maximum Gasteiger partial charge on any atom is 0.294 e. The van der Waals surface area contributed by atoms with E-state index in [0.717, 1.165) is 31.2 Å². The van der Waals surface area contributed by atoms with Crippen molar-refractivity contribution < 1.29 is 65.0 Å². The van der Waals surface area contributed by atoms with Crippen LogP contribution in [0.5, 0.6) is 17.2 Å². The van der Waals surface area contributed by atoms with Crippen LogP contribution >= 0.6 is 12.0 Å². The standard InChI is InChI=1S/C44H32N4O14S3/c1-7-8-9-10-11-12-13-14-15-16-23-64(54,55)32-21-22-34(36(27-32)59-6)46-43(52)41(42(51)44(3,4)5)60-31-19-17-30(18-20-31)47-48-39-37(63-62-61-53)25-29-24-33(65(56,57)58)26-35(45-28(2)49)38(29)40(39)50/h1,17-22,24-27,41,50,53H,2-6H3,(H,45,49)(H,46,52)(H,56,57,58). The Hall–Kier alpha value is -7.80. The van der Waals surface area contributed by atoms with E-state index >= 15 is 0 Å². The lowest BCUT2D eigenvalue weighted by molar-refractivity contribution is -0.432. The minimum atomic E-state index is -4.78. The summed E-state index contributed by atoms with van der Waals surface area (Å²) >= 11 is 0.340. The first-order valence-corrected chi connectivity index (χ1v) is 21.5. The average Bonchev–Trinajstić information content (AvgIpc) is 3.24. The lowest BCUT2D eigenvalue weighted by Crippen LogP contribution is -2.45. The number of carbonyl (C=O) groups is 3. The lowest BCUT2D eigenvalue weighted by atomic mass is 9.87. The highest BCUT2D eigenvalue weighted by Gasteiger charge is 2.37. The van der Waals surface area contributed by atoms with Crippen molar-refractivity contribution in [1.82, 2.24) is 0 Å². The highest BCUT2D eigenvalue weighted by molar-refractivity contribution is 7.96. The third kappa shape index (κ3) is 13.8. The molecule has 0 aliphatic heterocycles. The van der Waals surface area contributed by atoms with Crippen LogP contribution in [-0.4, -0.2) is 62.6 Å². The first kappa shape index (κ1) is 49.9. The van der Waals surface area contributed by atoms with Gasteiger partial charge in [-0.05, 0) is 107 Å². The molecule has 1 atom stereocenters. The van der Waals surface area contributed by atoms with Gasteiger partial charge in [0.05, 0.1) is 50.9 Å². The number of Topliss-reactive ketones (excluding diaryl/α,β-unsaturated/α-hetero) is 1. The van der Waals surface area contributed by atoms with Crippen LogP contribution < -0.4 is 20.1 Å². The number of amides is 2. The van der Waals surface area contributed by atoms with E-state index < -0.39 is 59.7 Å². The number of methoxy groups -OCH3 is 1. The molecular formula is C44H32N4O14S3. The molecule has 0 radical (unpaired) electrons. The van der Waals surface area contributed by atoms with Crippen LogP contribution in [0.2, 0.25) is 0 Å². The van der Waals surface area contributed by atoms with Crippen LogP contribution in [0.4, 0.5) is 22.7 Å². The molecule has 4 aromatic carbocycles. The van der Waals surface area contributed by atoms with Gasteiger partial charge in [0, 0.05) is 40.9 Å². The Morgan fingerprint density at radius 3 is 2.02 bits per heavy atom. The fraction of sp³-hybridized carbons (Fsp3) is 0.159. The first-order valence-electron chi connectivity index (χ1n) is 17.9. The van der Waals surface area contributed by atoms with E-state index in [1.165, 1.54) is 43.5 Å². The van der Waals surface area contributed by atoms with E-state index in [2.05, 4.69) is 89.4 Å².